The Morgan fingerprint density at radius 1 is 1.41 bits per heavy atom. The maximum atomic E-state index is 11.1. The molecule has 1 heterocycles. The molecule has 0 amide bonds. The standard InChI is InChI=1S/C12H9BrO3S/c13-8-3-4-11(10(6-8)12(14)15)17-7-9-2-1-5-16-9/h1-6H,7H2,(H,14,15). The van der Waals surface area contributed by atoms with E-state index in [1.54, 1.807) is 18.4 Å². The lowest BCUT2D eigenvalue weighted by Crippen LogP contribution is -1.98. The summed E-state index contributed by atoms with van der Waals surface area (Å²) in [6.45, 7) is 0. The first-order chi connectivity index (χ1) is 8.16. The van der Waals surface area contributed by atoms with Crippen LogP contribution in [0.25, 0.3) is 0 Å². The Morgan fingerprint density at radius 3 is 2.88 bits per heavy atom. The Kier molecular flexibility index (Phi) is 3.91. The van der Waals surface area contributed by atoms with Gasteiger partial charge < -0.3 is 9.52 Å². The number of rotatable bonds is 4. The Labute approximate surface area is 111 Å². The highest BCUT2D eigenvalue weighted by Crippen LogP contribution is 2.28. The molecule has 2 rings (SSSR count). The third-order valence-corrected chi connectivity index (χ3v) is 3.71. The zero-order valence-electron chi connectivity index (χ0n) is 8.72. The van der Waals surface area contributed by atoms with E-state index in [0.717, 1.165) is 15.1 Å². The predicted molar refractivity (Wildman–Crippen MR) is 69.4 cm³/mol. The first-order valence-corrected chi connectivity index (χ1v) is 6.62. The normalized spacial score (nSPS) is 10.4. The molecule has 0 aliphatic heterocycles. The van der Waals surface area contributed by atoms with E-state index < -0.39 is 5.97 Å². The fraction of sp³-hybridized carbons (Fsp3) is 0.0833. The summed E-state index contributed by atoms with van der Waals surface area (Å²) in [6.07, 6.45) is 1.61. The summed E-state index contributed by atoms with van der Waals surface area (Å²) >= 11 is 4.71. The van der Waals surface area contributed by atoms with Gasteiger partial charge in [-0.2, -0.15) is 0 Å². The molecule has 1 aromatic carbocycles. The van der Waals surface area contributed by atoms with Crippen LogP contribution >= 0.6 is 27.7 Å². The molecule has 1 N–H and O–H groups in total. The fourth-order valence-electron chi connectivity index (χ4n) is 1.34. The summed E-state index contributed by atoms with van der Waals surface area (Å²) in [7, 11) is 0. The minimum Gasteiger partial charge on any atom is -0.478 e. The lowest BCUT2D eigenvalue weighted by atomic mass is 10.2. The van der Waals surface area contributed by atoms with Gasteiger partial charge in [0.1, 0.15) is 5.76 Å². The maximum Gasteiger partial charge on any atom is 0.336 e. The van der Waals surface area contributed by atoms with Gasteiger partial charge in [-0.05, 0) is 30.3 Å². The zero-order valence-corrected chi connectivity index (χ0v) is 11.1. The summed E-state index contributed by atoms with van der Waals surface area (Å²) in [6, 6.07) is 8.91. The fourth-order valence-corrected chi connectivity index (χ4v) is 2.63. The second kappa shape index (κ2) is 5.42. The first-order valence-electron chi connectivity index (χ1n) is 4.85. The summed E-state index contributed by atoms with van der Waals surface area (Å²) in [5.74, 6) is 0.525. The quantitative estimate of drug-likeness (QED) is 0.866. The molecule has 0 spiro atoms. The number of halogens is 1. The average Bonchev–Trinajstić information content (AvgIpc) is 2.80. The monoisotopic (exact) mass is 312 g/mol. The number of hydrogen-bond donors (Lipinski definition) is 1. The van der Waals surface area contributed by atoms with Crippen molar-refractivity contribution in [2.24, 2.45) is 0 Å². The number of carbonyl (C=O) groups is 1. The molecule has 0 radical (unpaired) electrons. The summed E-state index contributed by atoms with van der Waals surface area (Å²) < 4.78 is 5.96. The van der Waals surface area contributed by atoms with Gasteiger partial charge >= 0.3 is 5.97 Å². The number of furan rings is 1. The van der Waals surface area contributed by atoms with E-state index >= 15 is 0 Å². The Morgan fingerprint density at radius 2 is 2.24 bits per heavy atom. The van der Waals surface area contributed by atoms with Crippen molar-refractivity contribution in [2.75, 3.05) is 0 Å². The number of carboxylic acid groups (broad SMARTS) is 1. The van der Waals surface area contributed by atoms with Crippen LogP contribution in [0.3, 0.4) is 0 Å². The molecule has 0 bridgehead atoms. The number of benzene rings is 1. The van der Waals surface area contributed by atoms with E-state index in [4.69, 9.17) is 9.52 Å². The molecule has 17 heavy (non-hydrogen) atoms. The number of hydrogen-bond acceptors (Lipinski definition) is 3. The van der Waals surface area contributed by atoms with E-state index in [0.29, 0.717) is 11.3 Å². The molecule has 0 saturated heterocycles. The predicted octanol–water partition coefficient (Wildman–Crippen LogP) is 4.03. The van der Waals surface area contributed by atoms with Crippen LogP contribution in [-0.2, 0) is 5.75 Å². The number of aromatic carboxylic acids is 1. The Hall–Kier alpha value is -1.20. The van der Waals surface area contributed by atoms with Gasteiger partial charge in [0.05, 0.1) is 17.6 Å². The topological polar surface area (TPSA) is 50.4 Å². The van der Waals surface area contributed by atoms with Gasteiger partial charge in [0, 0.05) is 9.37 Å². The molecule has 2 aromatic rings. The highest BCUT2D eigenvalue weighted by molar-refractivity contribution is 9.10. The van der Waals surface area contributed by atoms with Gasteiger partial charge in [0.25, 0.3) is 0 Å². The van der Waals surface area contributed by atoms with E-state index in [1.807, 2.05) is 18.2 Å². The van der Waals surface area contributed by atoms with Crippen molar-refractivity contribution in [3.8, 4) is 0 Å². The zero-order chi connectivity index (χ0) is 12.3. The second-order valence-electron chi connectivity index (χ2n) is 3.31. The molecule has 0 fully saturated rings. The Balaban J connectivity index is 2.17. The summed E-state index contributed by atoms with van der Waals surface area (Å²) in [5.41, 5.74) is 0.302. The van der Waals surface area contributed by atoms with Crippen LogP contribution in [-0.4, -0.2) is 11.1 Å². The van der Waals surface area contributed by atoms with Crippen LogP contribution in [0.2, 0.25) is 0 Å². The molecule has 3 nitrogen and oxygen atoms in total. The average molecular weight is 313 g/mol. The largest absolute Gasteiger partial charge is 0.478 e. The van der Waals surface area contributed by atoms with Gasteiger partial charge in [-0.3, -0.25) is 0 Å². The van der Waals surface area contributed by atoms with Crippen LogP contribution in [0.4, 0.5) is 0 Å². The Bertz CT molecular complexity index is 523. The highest BCUT2D eigenvalue weighted by atomic mass is 79.9. The van der Waals surface area contributed by atoms with E-state index in [1.165, 1.54) is 11.8 Å². The van der Waals surface area contributed by atoms with Gasteiger partial charge in [-0.25, -0.2) is 4.79 Å². The van der Waals surface area contributed by atoms with Crippen LogP contribution in [0, 0.1) is 0 Å². The van der Waals surface area contributed by atoms with Crippen molar-refractivity contribution >= 4 is 33.7 Å². The lowest BCUT2D eigenvalue weighted by molar-refractivity contribution is 0.0693. The molecule has 88 valence electrons. The van der Waals surface area contributed by atoms with Crippen molar-refractivity contribution < 1.29 is 14.3 Å². The van der Waals surface area contributed by atoms with Crippen LogP contribution in [0.5, 0.6) is 0 Å². The molecular weight excluding hydrogens is 304 g/mol. The molecule has 0 atom stereocenters. The van der Waals surface area contributed by atoms with Crippen LogP contribution < -0.4 is 0 Å². The van der Waals surface area contributed by atoms with Crippen molar-refractivity contribution in [1.29, 1.82) is 0 Å². The van der Waals surface area contributed by atoms with Crippen LogP contribution in [0.15, 0.2) is 50.4 Å². The molecule has 1 aromatic heterocycles. The van der Waals surface area contributed by atoms with E-state index in [-0.39, 0.29) is 0 Å². The SMILES string of the molecule is O=C(O)c1cc(Br)ccc1SCc1ccco1. The third kappa shape index (κ3) is 3.14. The second-order valence-corrected chi connectivity index (χ2v) is 5.25. The summed E-state index contributed by atoms with van der Waals surface area (Å²) in [5, 5.41) is 9.09. The summed E-state index contributed by atoms with van der Waals surface area (Å²) in [4.78, 5) is 11.8. The smallest absolute Gasteiger partial charge is 0.336 e. The van der Waals surface area contributed by atoms with Crippen molar-refractivity contribution in [3.63, 3.8) is 0 Å². The van der Waals surface area contributed by atoms with Gasteiger partial charge in [0.2, 0.25) is 0 Å². The van der Waals surface area contributed by atoms with Gasteiger partial charge in [-0.15, -0.1) is 11.8 Å². The third-order valence-electron chi connectivity index (χ3n) is 2.12. The van der Waals surface area contributed by atoms with Crippen molar-refractivity contribution in [3.05, 3.63) is 52.4 Å². The van der Waals surface area contributed by atoms with E-state index in [9.17, 15) is 4.79 Å². The lowest BCUT2D eigenvalue weighted by Gasteiger charge is -2.05. The highest BCUT2D eigenvalue weighted by Gasteiger charge is 2.11. The number of thioether (sulfide) groups is 1. The molecule has 0 aliphatic carbocycles. The first kappa shape index (κ1) is 12.3. The number of carboxylic acids is 1. The minimum atomic E-state index is -0.923. The molecule has 0 saturated carbocycles. The van der Waals surface area contributed by atoms with E-state index in [2.05, 4.69) is 15.9 Å². The van der Waals surface area contributed by atoms with Crippen molar-refractivity contribution in [2.45, 2.75) is 10.6 Å². The minimum absolute atomic E-state index is 0.302. The molecule has 5 heteroatoms. The van der Waals surface area contributed by atoms with Crippen LogP contribution in [0.1, 0.15) is 16.1 Å². The van der Waals surface area contributed by atoms with Gasteiger partial charge in [-0.1, -0.05) is 15.9 Å². The molecule has 0 aliphatic rings. The van der Waals surface area contributed by atoms with Crippen molar-refractivity contribution in [1.82, 2.24) is 0 Å². The maximum absolute atomic E-state index is 11.1. The molecule has 0 unspecified atom stereocenters. The molecular formula is C12H9BrO3S. The van der Waals surface area contributed by atoms with Gasteiger partial charge in [0.15, 0.2) is 0 Å².